The van der Waals surface area contributed by atoms with Gasteiger partial charge in [0.2, 0.25) is 0 Å². The number of amides is 1. The molecule has 0 bridgehead atoms. The van der Waals surface area contributed by atoms with E-state index in [1.54, 1.807) is 24.0 Å². The second-order valence-electron chi connectivity index (χ2n) is 8.32. The maximum atomic E-state index is 13.1. The molecule has 0 spiro atoms. The zero-order valence-electron chi connectivity index (χ0n) is 18.5. The number of benzene rings is 1. The number of piperidine rings is 1. The van der Waals surface area contributed by atoms with Crippen LogP contribution in [0.25, 0.3) is 10.6 Å². The maximum absolute atomic E-state index is 13.1. The third kappa shape index (κ3) is 5.22. The summed E-state index contributed by atoms with van der Waals surface area (Å²) in [4.78, 5) is 23.9. The summed E-state index contributed by atoms with van der Waals surface area (Å²) in [5, 5.41) is 10.0. The predicted molar refractivity (Wildman–Crippen MR) is 136 cm³/mol. The fourth-order valence-electron chi connectivity index (χ4n) is 4.06. The standard InChI is InChI=1S/C24H24AsN7OS/c25-18-3-4-22(31-9-1-2-19(26)14-31)20(10-18)29-23(33)21-15-34-24(30-21)17-11-28-32(13-17)12-16-5-7-27-8-6-16/h3-8,10-11,13,15,19H,1-2,9,12,14,26H2,(H,29,33)/t19-/m1/s1. The number of thiazole rings is 1. The molecular formula is C24H24AsN7OS. The number of hydrogen-bond acceptors (Lipinski definition) is 7. The predicted octanol–water partition coefficient (Wildman–Crippen LogP) is 2.42. The Balaban J connectivity index is 1.31. The van der Waals surface area contributed by atoms with Gasteiger partial charge in [0.15, 0.2) is 0 Å². The fourth-order valence-corrected chi connectivity index (χ4v) is 5.26. The molecule has 1 fully saturated rings. The molecule has 0 unspecified atom stereocenters. The second-order valence-corrected chi connectivity index (χ2v) is 10.3. The average molecular weight is 533 g/mol. The Morgan fingerprint density at radius 3 is 2.94 bits per heavy atom. The van der Waals surface area contributed by atoms with Crippen LogP contribution < -0.4 is 20.3 Å². The van der Waals surface area contributed by atoms with Crippen LogP contribution >= 0.6 is 11.3 Å². The summed E-state index contributed by atoms with van der Waals surface area (Å²) in [7, 11) is 0. The second kappa shape index (κ2) is 10.1. The summed E-state index contributed by atoms with van der Waals surface area (Å²) in [6.07, 6.45) is 9.33. The first-order valence-electron chi connectivity index (χ1n) is 11.1. The SMILES string of the molecule is N[C@@H]1CCCN(c2ccc([As])cc2NC(=O)c2csc(-c3cnn(Cc4ccncc4)c3)n2)C1. The molecule has 1 aliphatic rings. The molecule has 172 valence electrons. The van der Waals surface area contributed by atoms with E-state index >= 15 is 0 Å². The molecule has 8 nitrogen and oxygen atoms in total. The summed E-state index contributed by atoms with van der Waals surface area (Å²) in [6.45, 7) is 2.36. The van der Waals surface area contributed by atoms with Crippen molar-refractivity contribution in [2.45, 2.75) is 25.4 Å². The Bertz CT molecular complexity index is 1290. The summed E-state index contributed by atoms with van der Waals surface area (Å²) in [5.74, 6) is -0.229. The molecule has 1 amide bonds. The normalized spacial score (nSPS) is 15.9. The van der Waals surface area contributed by atoms with Crippen LogP contribution in [-0.4, -0.2) is 61.6 Å². The minimum atomic E-state index is -0.229. The van der Waals surface area contributed by atoms with Crippen molar-refractivity contribution >= 4 is 49.8 Å². The van der Waals surface area contributed by atoms with Crippen molar-refractivity contribution in [3.8, 4) is 10.6 Å². The van der Waals surface area contributed by atoms with Gasteiger partial charge in [-0.2, -0.15) is 0 Å². The first-order chi connectivity index (χ1) is 16.5. The van der Waals surface area contributed by atoms with Crippen molar-refractivity contribution in [2.24, 2.45) is 5.73 Å². The van der Waals surface area contributed by atoms with E-state index in [2.05, 4.69) is 42.1 Å². The molecule has 0 aliphatic carbocycles. The van der Waals surface area contributed by atoms with Gasteiger partial charge in [0, 0.05) is 12.4 Å². The van der Waals surface area contributed by atoms with E-state index in [-0.39, 0.29) is 11.9 Å². The minimum absolute atomic E-state index is 0.148. The van der Waals surface area contributed by atoms with Gasteiger partial charge in [-0.1, -0.05) is 0 Å². The zero-order valence-corrected chi connectivity index (χ0v) is 21.2. The number of carbonyl (C=O) groups excluding carboxylic acids is 1. The van der Waals surface area contributed by atoms with E-state index in [0.29, 0.717) is 12.2 Å². The molecule has 1 aromatic carbocycles. The number of hydrogen-bond donors (Lipinski definition) is 2. The molecule has 2 radical (unpaired) electrons. The molecule has 1 saturated heterocycles. The van der Waals surface area contributed by atoms with Crippen molar-refractivity contribution in [1.29, 1.82) is 0 Å². The number of nitrogens with two attached hydrogens (primary N) is 1. The Morgan fingerprint density at radius 2 is 2.12 bits per heavy atom. The van der Waals surface area contributed by atoms with Crippen molar-refractivity contribution in [1.82, 2.24) is 19.7 Å². The first-order valence-corrected chi connectivity index (χ1v) is 12.9. The van der Waals surface area contributed by atoms with E-state index in [1.165, 1.54) is 11.3 Å². The average Bonchev–Trinajstić information content (AvgIpc) is 3.50. The van der Waals surface area contributed by atoms with Crippen molar-refractivity contribution in [3.63, 3.8) is 0 Å². The van der Waals surface area contributed by atoms with Crippen LogP contribution in [0.5, 0.6) is 0 Å². The molecular weight excluding hydrogens is 509 g/mol. The van der Waals surface area contributed by atoms with Crippen molar-refractivity contribution in [2.75, 3.05) is 23.3 Å². The zero-order chi connectivity index (χ0) is 23.5. The Labute approximate surface area is 210 Å². The number of pyridine rings is 1. The van der Waals surface area contributed by atoms with Gasteiger partial charge in [-0.05, 0) is 17.7 Å². The number of nitrogens with zero attached hydrogens (tertiary/aromatic N) is 5. The quantitative estimate of drug-likeness (QED) is 0.369. The number of aromatic nitrogens is 4. The van der Waals surface area contributed by atoms with Crippen LogP contribution in [0.4, 0.5) is 11.4 Å². The van der Waals surface area contributed by atoms with Crippen molar-refractivity contribution in [3.05, 3.63) is 71.8 Å². The molecule has 5 rings (SSSR count). The number of nitrogens with one attached hydrogen (secondary N) is 1. The van der Waals surface area contributed by atoms with E-state index in [9.17, 15) is 4.79 Å². The number of carbonyl (C=O) groups is 1. The number of anilines is 2. The molecule has 4 heterocycles. The molecule has 1 atom stereocenters. The van der Waals surface area contributed by atoms with Crippen LogP contribution in [0.1, 0.15) is 28.9 Å². The summed E-state index contributed by atoms with van der Waals surface area (Å²) >= 11 is 3.95. The van der Waals surface area contributed by atoms with Gasteiger partial charge in [0.05, 0.1) is 0 Å². The van der Waals surface area contributed by atoms with Gasteiger partial charge in [0.25, 0.3) is 0 Å². The Kier molecular flexibility index (Phi) is 6.76. The molecule has 1 aliphatic heterocycles. The Morgan fingerprint density at radius 1 is 1.26 bits per heavy atom. The van der Waals surface area contributed by atoms with Crippen LogP contribution in [0, 0.1) is 0 Å². The molecule has 4 aromatic rings. The molecule has 3 N–H and O–H groups in total. The third-order valence-electron chi connectivity index (χ3n) is 5.74. The molecule has 10 heteroatoms. The summed E-state index contributed by atoms with van der Waals surface area (Å²) < 4.78 is 2.88. The van der Waals surface area contributed by atoms with E-state index < -0.39 is 0 Å². The first kappa shape index (κ1) is 22.8. The summed E-state index contributed by atoms with van der Waals surface area (Å²) in [5.41, 5.74) is 10.3. The topological polar surface area (TPSA) is 102 Å². The monoisotopic (exact) mass is 533 g/mol. The van der Waals surface area contributed by atoms with Crippen LogP contribution in [0.2, 0.25) is 0 Å². The van der Waals surface area contributed by atoms with E-state index in [4.69, 9.17) is 5.73 Å². The van der Waals surface area contributed by atoms with Gasteiger partial charge in [-0.25, -0.2) is 0 Å². The Hall–Kier alpha value is -3.00. The number of rotatable bonds is 6. The molecule has 0 saturated carbocycles. The van der Waals surface area contributed by atoms with Gasteiger partial charge >= 0.3 is 176 Å². The molecule has 34 heavy (non-hydrogen) atoms. The molecule has 3 aromatic heterocycles. The van der Waals surface area contributed by atoms with Crippen LogP contribution in [0.3, 0.4) is 0 Å². The van der Waals surface area contributed by atoms with Crippen molar-refractivity contribution < 1.29 is 4.79 Å². The van der Waals surface area contributed by atoms with Gasteiger partial charge in [-0.3, -0.25) is 4.98 Å². The van der Waals surface area contributed by atoms with Gasteiger partial charge in [0.1, 0.15) is 0 Å². The van der Waals surface area contributed by atoms with Gasteiger partial charge in [-0.15, -0.1) is 0 Å². The van der Waals surface area contributed by atoms with Crippen LogP contribution in [0.15, 0.2) is 60.5 Å². The van der Waals surface area contributed by atoms with Crippen LogP contribution in [-0.2, 0) is 6.54 Å². The fraction of sp³-hybridized carbons (Fsp3) is 0.250. The van der Waals surface area contributed by atoms with Gasteiger partial charge < -0.3 is 0 Å². The van der Waals surface area contributed by atoms with E-state index in [1.807, 2.05) is 41.2 Å². The summed E-state index contributed by atoms with van der Waals surface area (Å²) in [6, 6.07) is 10.1. The third-order valence-corrected chi connectivity index (χ3v) is 7.21. The van der Waals surface area contributed by atoms with E-state index in [0.717, 1.165) is 57.8 Å².